The van der Waals surface area contributed by atoms with Gasteiger partial charge in [0.2, 0.25) is 0 Å². The van der Waals surface area contributed by atoms with Gasteiger partial charge in [0.25, 0.3) is 0 Å². The number of aliphatic carboxylic acids is 1. The lowest BCUT2D eigenvalue weighted by atomic mass is 9.75. The van der Waals surface area contributed by atoms with Crippen molar-refractivity contribution in [3.63, 3.8) is 0 Å². The molecule has 2 amide bonds. The average molecular weight is 294 g/mol. The molecule has 0 aromatic heterocycles. The number of piperidine rings is 1. The predicted molar refractivity (Wildman–Crippen MR) is 79.0 cm³/mol. The monoisotopic (exact) mass is 294 g/mol. The van der Waals surface area contributed by atoms with Gasteiger partial charge in [0.1, 0.15) is 0 Å². The quantitative estimate of drug-likeness (QED) is 0.808. The van der Waals surface area contributed by atoms with E-state index in [0.29, 0.717) is 25.4 Å². The number of urea groups is 1. The van der Waals surface area contributed by atoms with E-state index in [4.69, 9.17) is 0 Å². The number of hydrogen-bond donors (Lipinski definition) is 1. The lowest BCUT2D eigenvalue weighted by molar-refractivity contribution is -0.147. The van der Waals surface area contributed by atoms with Crippen molar-refractivity contribution >= 4 is 12.0 Å². The average Bonchev–Trinajstić information content (AvgIpc) is 2.90. The van der Waals surface area contributed by atoms with Crippen LogP contribution >= 0.6 is 0 Å². The first-order valence-corrected chi connectivity index (χ1v) is 8.27. The largest absolute Gasteiger partial charge is 0.481 e. The van der Waals surface area contributed by atoms with Crippen molar-refractivity contribution in [1.82, 2.24) is 9.80 Å². The Morgan fingerprint density at radius 3 is 2.43 bits per heavy atom. The molecule has 3 aliphatic rings. The molecule has 1 aliphatic carbocycles. The van der Waals surface area contributed by atoms with Gasteiger partial charge >= 0.3 is 12.0 Å². The summed E-state index contributed by atoms with van der Waals surface area (Å²) in [7, 11) is 0. The zero-order chi connectivity index (χ0) is 15.0. The molecule has 2 saturated heterocycles. The first-order valence-electron chi connectivity index (χ1n) is 8.27. The summed E-state index contributed by atoms with van der Waals surface area (Å²) >= 11 is 0. The van der Waals surface area contributed by atoms with Crippen LogP contribution in [0.2, 0.25) is 0 Å². The van der Waals surface area contributed by atoms with E-state index >= 15 is 0 Å². The number of nitrogens with zero attached hydrogens (tertiary/aromatic N) is 2. The highest BCUT2D eigenvalue weighted by atomic mass is 16.4. The summed E-state index contributed by atoms with van der Waals surface area (Å²) in [6.07, 6.45) is 6.91. The van der Waals surface area contributed by atoms with E-state index in [0.717, 1.165) is 25.4 Å². The Hall–Kier alpha value is -1.26. The summed E-state index contributed by atoms with van der Waals surface area (Å²) in [4.78, 5) is 27.7. The zero-order valence-corrected chi connectivity index (χ0v) is 12.9. The van der Waals surface area contributed by atoms with E-state index in [1.165, 1.54) is 25.7 Å². The second-order valence-corrected chi connectivity index (χ2v) is 7.36. The van der Waals surface area contributed by atoms with Gasteiger partial charge in [-0.25, -0.2) is 4.79 Å². The first kappa shape index (κ1) is 14.7. The van der Waals surface area contributed by atoms with E-state index in [1.807, 2.05) is 4.90 Å². The highest BCUT2D eigenvalue weighted by Gasteiger charge is 2.44. The van der Waals surface area contributed by atoms with Crippen molar-refractivity contribution in [3.8, 4) is 0 Å². The molecule has 0 spiro atoms. The van der Waals surface area contributed by atoms with Gasteiger partial charge in [-0.2, -0.15) is 0 Å². The fourth-order valence-electron chi connectivity index (χ4n) is 4.27. The summed E-state index contributed by atoms with van der Waals surface area (Å²) in [6, 6.07) is 0.0593. The molecular formula is C16H26N2O3. The van der Waals surface area contributed by atoms with E-state index in [9.17, 15) is 14.7 Å². The van der Waals surface area contributed by atoms with Gasteiger partial charge in [0, 0.05) is 26.2 Å². The number of carbonyl (C=O) groups is 2. The smallest absolute Gasteiger partial charge is 0.320 e. The van der Waals surface area contributed by atoms with Gasteiger partial charge < -0.3 is 14.9 Å². The van der Waals surface area contributed by atoms with Gasteiger partial charge in [-0.15, -0.1) is 0 Å². The number of rotatable bonds is 1. The maximum atomic E-state index is 12.6. The molecule has 21 heavy (non-hydrogen) atoms. The number of likely N-dealkylation sites (tertiary alicyclic amines) is 2. The summed E-state index contributed by atoms with van der Waals surface area (Å²) in [5.74, 6) is 0.694. The van der Waals surface area contributed by atoms with Crippen LogP contribution < -0.4 is 0 Å². The third kappa shape index (κ3) is 2.74. The van der Waals surface area contributed by atoms with E-state index in [-0.39, 0.29) is 6.03 Å². The lowest BCUT2D eigenvalue weighted by Gasteiger charge is -2.42. The molecule has 2 heterocycles. The number of carboxylic acid groups (broad SMARTS) is 1. The number of carboxylic acids is 1. The van der Waals surface area contributed by atoms with Crippen molar-refractivity contribution in [2.75, 3.05) is 26.2 Å². The maximum absolute atomic E-state index is 12.6. The van der Waals surface area contributed by atoms with Crippen LogP contribution in [-0.2, 0) is 4.79 Å². The van der Waals surface area contributed by atoms with Crippen molar-refractivity contribution in [1.29, 1.82) is 0 Å². The number of hydrogen-bond acceptors (Lipinski definition) is 2. The Morgan fingerprint density at radius 2 is 1.76 bits per heavy atom. The Balaban J connectivity index is 1.60. The van der Waals surface area contributed by atoms with Crippen LogP contribution in [0.1, 0.15) is 45.4 Å². The highest BCUT2D eigenvalue weighted by Crippen LogP contribution is 2.37. The minimum atomic E-state index is -0.788. The molecule has 5 heteroatoms. The van der Waals surface area contributed by atoms with Crippen LogP contribution in [-0.4, -0.2) is 53.1 Å². The van der Waals surface area contributed by atoms with Crippen molar-refractivity contribution in [2.45, 2.75) is 45.4 Å². The molecule has 0 bridgehead atoms. The molecule has 3 rings (SSSR count). The molecule has 1 N–H and O–H groups in total. The number of fused-ring (bicyclic) bond motifs is 1. The maximum Gasteiger partial charge on any atom is 0.320 e. The summed E-state index contributed by atoms with van der Waals surface area (Å²) in [6.45, 7) is 4.40. The molecule has 5 nitrogen and oxygen atoms in total. The number of amides is 2. The Morgan fingerprint density at radius 1 is 1.05 bits per heavy atom. The van der Waals surface area contributed by atoms with Crippen LogP contribution in [0.5, 0.6) is 0 Å². The number of carbonyl (C=O) groups excluding carboxylic acids is 1. The van der Waals surface area contributed by atoms with E-state index < -0.39 is 11.4 Å². The van der Waals surface area contributed by atoms with Crippen molar-refractivity contribution in [3.05, 3.63) is 0 Å². The second-order valence-electron chi connectivity index (χ2n) is 7.36. The summed E-state index contributed by atoms with van der Waals surface area (Å²) in [5.41, 5.74) is -0.765. The molecule has 0 radical (unpaired) electrons. The Labute approximate surface area is 126 Å². The van der Waals surface area contributed by atoms with Crippen LogP contribution in [0.3, 0.4) is 0 Å². The fourth-order valence-corrected chi connectivity index (χ4v) is 4.27. The molecule has 3 unspecified atom stereocenters. The lowest BCUT2D eigenvalue weighted by Crippen LogP contribution is -2.50. The van der Waals surface area contributed by atoms with Crippen molar-refractivity contribution in [2.24, 2.45) is 17.3 Å². The Bertz CT molecular complexity index is 439. The van der Waals surface area contributed by atoms with Gasteiger partial charge in [-0.3, -0.25) is 4.79 Å². The van der Waals surface area contributed by atoms with E-state index in [1.54, 1.807) is 11.8 Å². The van der Waals surface area contributed by atoms with Gasteiger partial charge in [-0.05, 0) is 38.0 Å². The van der Waals surface area contributed by atoms with Crippen LogP contribution in [0, 0.1) is 17.3 Å². The van der Waals surface area contributed by atoms with E-state index in [2.05, 4.69) is 0 Å². The summed E-state index contributed by atoms with van der Waals surface area (Å²) in [5, 5.41) is 9.29. The first-order chi connectivity index (χ1) is 9.99. The molecule has 3 fully saturated rings. The van der Waals surface area contributed by atoms with Crippen molar-refractivity contribution < 1.29 is 14.7 Å². The van der Waals surface area contributed by atoms with Gasteiger partial charge in [-0.1, -0.05) is 19.3 Å². The predicted octanol–water partition coefficient (Wildman–Crippen LogP) is 2.42. The van der Waals surface area contributed by atoms with Crippen LogP contribution in [0.4, 0.5) is 4.79 Å². The third-order valence-corrected chi connectivity index (χ3v) is 5.82. The van der Waals surface area contributed by atoms with Crippen LogP contribution in [0.15, 0.2) is 0 Å². The molecule has 0 aromatic rings. The molecule has 118 valence electrons. The second kappa shape index (κ2) is 5.50. The molecule has 3 atom stereocenters. The molecule has 0 aromatic carbocycles. The van der Waals surface area contributed by atoms with Gasteiger partial charge in [0.15, 0.2) is 0 Å². The zero-order valence-electron chi connectivity index (χ0n) is 12.9. The standard InChI is InChI=1S/C16H26N2O3/c1-16(14(19)20)7-9-18(11-16)15(21)17-8-6-12-4-2-3-5-13(12)10-17/h12-13H,2-11H2,1H3,(H,19,20). The minimum absolute atomic E-state index is 0.0593. The third-order valence-electron chi connectivity index (χ3n) is 5.82. The van der Waals surface area contributed by atoms with Gasteiger partial charge in [0.05, 0.1) is 5.41 Å². The summed E-state index contributed by atoms with van der Waals surface area (Å²) < 4.78 is 0. The normalized spacial score (nSPS) is 36.4. The fraction of sp³-hybridized carbons (Fsp3) is 0.875. The van der Waals surface area contributed by atoms with Crippen LogP contribution in [0.25, 0.3) is 0 Å². The molecule has 2 aliphatic heterocycles. The topological polar surface area (TPSA) is 60.9 Å². The minimum Gasteiger partial charge on any atom is -0.481 e. The molecule has 1 saturated carbocycles. The molecular weight excluding hydrogens is 268 g/mol. The SMILES string of the molecule is CC1(C(=O)O)CCN(C(=O)N2CCC3CCCCC3C2)C1. The highest BCUT2D eigenvalue weighted by molar-refractivity contribution is 5.79. The Kier molecular flexibility index (Phi) is 3.84.